The van der Waals surface area contributed by atoms with Crippen LogP contribution in [-0.4, -0.2) is 60.5 Å². The Bertz CT molecular complexity index is 913. The van der Waals surface area contributed by atoms with Crippen LogP contribution in [0, 0.1) is 0 Å². The van der Waals surface area contributed by atoms with E-state index >= 15 is 0 Å². The molecule has 2 aliphatic heterocycles. The number of halogens is 1. The number of rotatable bonds is 5. The molecule has 0 aromatic heterocycles. The summed E-state index contributed by atoms with van der Waals surface area (Å²) < 4.78 is 5.57. The summed E-state index contributed by atoms with van der Waals surface area (Å²) in [4.78, 5) is 30.2. The highest BCUT2D eigenvalue weighted by Crippen LogP contribution is 2.38. The highest BCUT2D eigenvalue weighted by atomic mass is 35.5. The molecule has 2 heterocycles. The number of carbonyl (C=O) groups is 2. The zero-order chi connectivity index (χ0) is 21.8. The van der Waals surface area contributed by atoms with E-state index in [-0.39, 0.29) is 5.91 Å². The number of ether oxygens (including phenoxy) is 1. The predicted octanol–water partition coefficient (Wildman–Crippen LogP) is 2.59. The number of piperazine rings is 1. The number of nitrogens with zero attached hydrogens (tertiary/aromatic N) is 2. The van der Waals surface area contributed by atoms with Crippen LogP contribution in [0.1, 0.15) is 24.0 Å². The number of hydrogen-bond acceptors (Lipinski definition) is 4. The minimum atomic E-state index is -0.724. The molecule has 6 nitrogen and oxygen atoms in total. The molecule has 7 heteroatoms. The summed E-state index contributed by atoms with van der Waals surface area (Å²) in [5.74, 6) is -0.509. The SMILES string of the molecule is NC(=O)[C@H]1CN(Cc2ccccc2)CCN1C(=O)C1(c2ccc(Cl)cc2)CCOCC1. The number of benzene rings is 2. The van der Waals surface area contributed by atoms with Crippen molar-refractivity contribution in [3.63, 3.8) is 0 Å². The Balaban J connectivity index is 1.58. The van der Waals surface area contributed by atoms with Crippen molar-refractivity contribution >= 4 is 23.4 Å². The molecule has 2 aromatic rings. The van der Waals surface area contributed by atoms with Crippen molar-refractivity contribution < 1.29 is 14.3 Å². The lowest BCUT2D eigenvalue weighted by molar-refractivity contribution is -0.151. The van der Waals surface area contributed by atoms with Crippen LogP contribution in [0.25, 0.3) is 0 Å². The van der Waals surface area contributed by atoms with E-state index in [9.17, 15) is 9.59 Å². The quantitative estimate of drug-likeness (QED) is 0.773. The second kappa shape index (κ2) is 9.39. The van der Waals surface area contributed by atoms with Gasteiger partial charge in [0.15, 0.2) is 0 Å². The first kappa shape index (κ1) is 21.8. The van der Waals surface area contributed by atoms with Gasteiger partial charge >= 0.3 is 0 Å². The fourth-order valence-electron chi connectivity index (χ4n) is 4.70. The van der Waals surface area contributed by atoms with E-state index < -0.39 is 17.4 Å². The maximum absolute atomic E-state index is 14.0. The molecule has 2 N–H and O–H groups in total. The Morgan fingerprint density at radius 3 is 2.35 bits per heavy atom. The first-order valence-electron chi connectivity index (χ1n) is 10.7. The molecule has 31 heavy (non-hydrogen) atoms. The van der Waals surface area contributed by atoms with Crippen LogP contribution in [0.3, 0.4) is 0 Å². The van der Waals surface area contributed by atoms with Gasteiger partial charge in [0.25, 0.3) is 0 Å². The van der Waals surface area contributed by atoms with Gasteiger partial charge in [-0.15, -0.1) is 0 Å². The van der Waals surface area contributed by atoms with Crippen LogP contribution in [0.4, 0.5) is 0 Å². The van der Waals surface area contributed by atoms with Gasteiger partial charge in [-0.05, 0) is 36.1 Å². The minimum absolute atomic E-state index is 0.0405. The largest absolute Gasteiger partial charge is 0.381 e. The van der Waals surface area contributed by atoms with Crippen LogP contribution >= 0.6 is 11.6 Å². The zero-order valence-corrected chi connectivity index (χ0v) is 18.3. The molecule has 2 saturated heterocycles. The zero-order valence-electron chi connectivity index (χ0n) is 17.5. The smallest absolute Gasteiger partial charge is 0.241 e. The van der Waals surface area contributed by atoms with Crippen LogP contribution in [0.15, 0.2) is 54.6 Å². The van der Waals surface area contributed by atoms with Gasteiger partial charge in [0.1, 0.15) is 6.04 Å². The Morgan fingerprint density at radius 2 is 1.71 bits per heavy atom. The molecule has 1 atom stereocenters. The Kier molecular flexibility index (Phi) is 6.60. The monoisotopic (exact) mass is 441 g/mol. The molecular formula is C24H28ClN3O3. The molecule has 0 saturated carbocycles. The van der Waals surface area contributed by atoms with Crippen molar-refractivity contribution in [1.29, 1.82) is 0 Å². The molecule has 2 amide bonds. The molecule has 0 unspecified atom stereocenters. The van der Waals surface area contributed by atoms with Gasteiger partial charge < -0.3 is 15.4 Å². The van der Waals surface area contributed by atoms with Gasteiger partial charge in [0.2, 0.25) is 11.8 Å². The van der Waals surface area contributed by atoms with Gasteiger partial charge in [-0.3, -0.25) is 14.5 Å². The fraction of sp³-hybridized carbons (Fsp3) is 0.417. The van der Waals surface area contributed by atoms with Gasteiger partial charge in [0.05, 0.1) is 5.41 Å². The lowest BCUT2D eigenvalue weighted by atomic mass is 9.72. The van der Waals surface area contributed by atoms with Crippen molar-refractivity contribution in [1.82, 2.24) is 9.80 Å². The van der Waals surface area contributed by atoms with Gasteiger partial charge in [-0.1, -0.05) is 54.1 Å². The third kappa shape index (κ3) is 4.61. The molecule has 2 fully saturated rings. The summed E-state index contributed by atoms with van der Waals surface area (Å²) in [6, 6.07) is 16.9. The van der Waals surface area contributed by atoms with Gasteiger partial charge in [0, 0.05) is 44.4 Å². The Hall–Kier alpha value is -2.41. The average molecular weight is 442 g/mol. The Labute approximate surface area is 187 Å². The molecule has 0 bridgehead atoms. The van der Waals surface area contributed by atoms with Crippen LogP contribution in [0.2, 0.25) is 5.02 Å². The molecule has 0 radical (unpaired) electrons. The molecule has 4 rings (SSSR count). The van der Waals surface area contributed by atoms with E-state index in [1.807, 2.05) is 42.5 Å². The summed E-state index contributed by atoms with van der Waals surface area (Å²) in [5.41, 5.74) is 7.15. The number of nitrogens with two attached hydrogens (primary N) is 1. The lowest BCUT2D eigenvalue weighted by Gasteiger charge is -2.46. The van der Waals surface area contributed by atoms with Crippen molar-refractivity contribution in [2.24, 2.45) is 5.73 Å². The molecule has 0 aliphatic carbocycles. The van der Waals surface area contributed by atoms with Crippen molar-refractivity contribution in [2.75, 3.05) is 32.8 Å². The van der Waals surface area contributed by atoms with Crippen LogP contribution in [0.5, 0.6) is 0 Å². The fourth-order valence-corrected chi connectivity index (χ4v) is 4.83. The van der Waals surface area contributed by atoms with Crippen LogP contribution in [-0.2, 0) is 26.3 Å². The highest BCUT2D eigenvalue weighted by Gasteiger charge is 2.47. The number of amides is 2. The third-order valence-corrected chi connectivity index (χ3v) is 6.71. The second-order valence-corrected chi connectivity index (χ2v) is 8.78. The molecule has 2 aliphatic rings. The van der Waals surface area contributed by atoms with Crippen molar-refractivity contribution in [2.45, 2.75) is 30.8 Å². The van der Waals surface area contributed by atoms with E-state index in [4.69, 9.17) is 22.1 Å². The molecular weight excluding hydrogens is 414 g/mol. The molecule has 2 aromatic carbocycles. The summed E-state index contributed by atoms with van der Waals surface area (Å²) in [6.07, 6.45) is 1.15. The maximum Gasteiger partial charge on any atom is 0.241 e. The van der Waals surface area contributed by atoms with E-state index in [0.29, 0.717) is 50.7 Å². The predicted molar refractivity (Wildman–Crippen MR) is 120 cm³/mol. The first-order chi connectivity index (χ1) is 15.0. The van der Waals surface area contributed by atoms with Gasteiger partial charge in [-0.2, -0.15) is 0 Å². The van der Waals surface area contributed by atoms with E-state index in [1.54, 1.807) is 4.90 Å². The lowest BCUT2D eigenvalue weighted by Crippen LogP contribution is -2.63. The van der Waals surface area contributed by atoms with E-state index in [2.05, 4.69) is 17.0 Å². The average Bonchev–Trinajstić information content (AvgIpc) is 2.80. The highest BCUT2D eigenvalue weighted by molar-refractivity contribution is 6.30. The third-order valence-electron chi connectivity index (χ3n) is 6.46. The summed E-state index contributed by atoms with van der Waals surface area (Å²) >= 11 is 6.08. The summed E-state index contributed by atoms with van der Waals surface area (Å²) in [5, 5.41) is 0.628. The summed E-state index contributed by atoms with van der Waals surface area (Å²) in [6.45, 7) is 3.33. The standard InChI is InChI=1S/C24H28ClN3O3/c25-20-8-6-19(7-9-20)24(10-14-31-15-11-24)23(30)28-13-12-27(17-21(28)22(26)29)16-18-4-2-1-3-5-18/h1-9,21H,10-17H2,(H2,26,29)/t21-/m1/s1. The van der Waals surface area contributed by atoms with E-state index in [0.717, 1.165) is 12.1 Å². The second-order valence-electron chi connectivity index (χ2n) is 8.34. The normalized spacial score (nSPS) is 21.6. The topological polar surface area (TPSA) is 75.9 Å². The molecule has 0 spiro atoms. The minimum Gasteiger partial charge on any atom is -0.381 e. The molecule has 164 valence electrons. The van der Waals surface area contributed by atoms with Crippen molar-refractivity contribution in [3.8, 4) is 0 Å². The number of carbonyl (C=O) groups excluding carboxylic acids is 2. The Morgan fingerprint density at radius 1 is 1.03 bits per heavy atom. The van der Waals surface area contributed by atoms with Gasteiger partial charge in [-0.25, -0.2) is 0 Å². The van der Waals surface area contributed by atoms with Crippen LogP contribution < -0.4 is 5.73 Å². The summed E-state index contributed by atoms with van der Waals surface area (Å²) in [7, 11) is 0. The van der Waals surface area contributed by atoms with E-state index in [1.165, 1.54) is 5.56 Å². The number of primary amides is 1. The number of hydrogen-bond donors (Lipinski definition) is 1. The maximum atomic E-state index is 14.0. The van der Waals surface area contributed by atoms with Crippen molar-refractivity contribution in [3.05, 3.63) is 70.7 Å². The first-order valence-corrected chi connectivity index (χ1v) is 11.1.